The molecule has 0 spiro atoms. The number of aromatic amines is 1. The molecule has 0 saturated carbocycles. The van der Waals surface area contributed by atoms with Crippen molar-refractivity contribution < 1.29 is 14.0 Å². The molecule has 2 amide bonds. The van der Waals surface area contributed by atoms with Crippen molar-refractivity contribution in [1.82, 2.24) is 20.1 Å². The molecular weight excluding hydrogens is 455 g/mol. The number of aromatic nitrogens is 1. The van der Waals surface area contributed by atoms with E-state index in [0.717, 1.165) is 40.6 Å². The fourth-order valence-corrected chi connectivity index (χ4v) is 5.24. The number of benzene rings is 3. The molecule has 3 heterocycles. The number of hydrogen-bond acceptors (Lipinski definition) is 3. The zero-order valence-corrected chi connectivity index (χ0v) is 19.8. The Balaban J connectivity index is 1.04. The smallest absolute Gasteiger partial charge is 0.254 e. The molecule has 0 bridgehead atoms. The van der Waals surface area contributed by atoms with Crippen LogP contribution in [0.2, 0.25) is 0 Å². The van der Waals surface area contributed by atoms with Crippen LogP contribution in [-0.4, -0.2) is 64.9 Å². The number of nitrogens with zero attached hydrogens (tertiary/aromatic N) is 2. The van der Waals surface area contributed by atoms with Crippen molar-refractivity contribution in [2.24, 2.45) is 0 Å². The lowest BCUT2D eigenvalue weighted by Gasteiger charge is -2.41. The minimum atomic E-state index is -0.264. The van der Waals surface area contributed by atoms with Crippen molar-refractivity contribution >= 4 is 22.7 Å². The number of fused-ring (bicyclic) bond motifs is 1. The standard InChI is InChI=1S/C29H27FN4O2/c30-22-9-6-19(7-10-22)26-15-31-27-14-21(8-11-25(26)27)29(36)34-17-24(18-34)32-23-12-13-33(16-23)28(35)20-4-2-1-3-5-20/h1-11,14-15,23-24,31-32H,12-13,16-18H2. The average molecular weight is 483 g/mol. The van der Waals surface area contributed by atoms with E-state index in [1.165, 1.54) is 12.1 Å². The topological polar surface area (TPSA) is 68.4 Å². The summed E-state index contributed by atoms with van der Waals surface area (Å²) in [4.78, 5) is 32.7. The van der Waals surface area contributed by atoms with E-state index in [1.807, 2.05) is 64.5 Å². The monoisotopic (exact) mass is 482 g/mol. The Labute approximate surface area is 208 Å². The van der Waals surface area contributed by atoms with Gasteiger partial charge in [-0.3, -0.25) is 9.59 Å². The molecule has 0 aliphatic carbocycles. The minimum Gasteiger partial charge on any atom is -0.361 e. The number of likely N-dealkylation sites (tertiary alicyclic amines) is 2. The fourth-order valence-electron chi connectivity index (χ4n) is 5.24. The maximum Gasteiger partial charge on any atom is 0.254 e. The van der Waals surface area contributed by atoms with Gasteiger partial charge >= 0.3 is 0 Å². The van der Waals surface area contributed by atoms with Gasteiger partial charge in [-0.25, -0.2) is 4.39 Å². The fraction of sp³-hybridized carbons (Fsp3) is 0.241. The second-order valence-electron chi connectivity index (χ2n) is 9.65. The number of nitrogens with one attached hydrogen (secondary N) is 2. The number of hydrogen-bond donors (Lipinski definition) is 2. The predicted octanol–water partition coefficient (Wildman–Crippen LogP) is 4.30. The summed E-state index contributed by atoms with van der Waals surface area (Å²) in [5, 5.41) is 4.62. The second-order valence-corrected chi connectivity index (χ2v) is 9.65. The lowest BCUT2D eigenvalue weighted by molar-refractivity contribution is 0.0553. The molecule has 6 rings (SSSR count). The summed E-state index contributed by atoms with van der Waals surface area (Å²) in [7, 11) is 0. The van der Waals surface area contributed by atoms with Crippen LogP contribution in [0.5, 0.6) is 0 Å². The number of H-pyrrole nitrogens is 1. The third kappa shape index (κ3) is 4.27. The van der Waals surface area contributed by atoms with E-state index in [4.69, 9.17) is 0 Å². The molecule has 1 aromatic heterocycles. The minimum absolute atomic E-state index is 0.0141. The highest BCUT2D eigenvalue weighted by molar-refractivity contribution is 6.02. The number of halogens is 1. The molecule has 2 aliphatic heterocycles. The summed E-state index contributed by atoms with van der Waals surface area (Å²) in [5.74, 6) is -0.174. The third-order valence-corrected chi connectivity index (χ3v) is 7.22. The van der Waals surface area contributed by atoms with Crippen LogP contribution < -0.4 is 5.32 Å². The van der Waals surface area contributed by atoms with E-state index in [-0.39, 0.29) is 29.7 Å². The van der Waals surface area contributed by atoms with Gasteiger partial charge in [0.15, 0.2) is 0 Å². The highest BCUT2D eigenvalue weighted by Crippen LogP contribution is 2.30. The molecule has 182 valence electrons. The van der Waals surface area contributed by atoms with Gasteiger partial charge in [-0.2, -0.15) is 0 Å². The van der Waals surface area contributed by atoms with Crippen molar-refractivity contribution in [1.29, 1.82) is 0 Å². The molecule has 1 atom stereocenters. The first kappa shape index (κ1) is 22.5. The molecular formula is C29H27FN4O2. The maximum absolute atomic E-state index is 13.3. The molecule has 3 aromatic carbocycles. The molecule has 4 aromatic rings. The third-order valence-electron chi connectivity index (χ3n) is 7.22. The summed E-state index contributed by atoms with van der Waals surface area (Å²) < 4.78 is 13.3. The number of carbonyl (C=O) groups is 2. The zero-order valence-electron chi connectivity index (χ0n) is 19.8. The van der Waals surface area contributed by atoms with Crippen LogP contribution in [0.1, 0.15) is 27.1 Å². The van der Waals surface area contributed by atoms with E-state index in [9.17, 15) is 14.0 Å². The van der Waals surface area contributed by atoms with Gasteiger partial charge in [-0.05, 0) is 48.4 Å². The van der Waals surface area contributed by atoms with Gasteiger partial charge in [-0.15, -0.1) is 0 Å². The predicted molar refractivity (Wildman–Crippen MR) is 137 cm³/mol. The molecule has 2 saturated heterocycles. The highest BCUT2D eigenvalue weighted by Gasteiger charge is 2.35. The quantitative estimate of drug-likeness (QED) is 0.446. The van der Waals surface area contributed by atoms with Gasteiger partial charge in [0.25, 0.3) is 11.8 Å². The van der Waals surface area contributed by atoms with Crippen molar-refractivity contribution in [3.8, 4) is 11.1 Å². The van der Waals surface area contributed by atoms with Crippen LogP contribution in [-0.2, 0) is 0 Å². The van der Waals surface area contributed by atoms with Crippen molar-refractivity contribution in [3.05, 3.63) is 95.9 Å². The van der Waals surface area contributed by atoms with E-state index in [1.54, 1.807) is 12.1 Å². The van der Waals surface area contributed by atoms with Crippen LogP contribution in [0.3, 0.4) is 0 Å². The molecule has 36 heavy (non-hydrogen) atoms. The van der Waals surface area contributed by atoms with Gasteiger partial charge in [-0.1, -0.05) is 36.4 Å². The Hall–Kier alpha value is -3.97. The first-order chi connectivity index (χ1) is 17.5. The Morgan fingerprint density at radius 3 is 2.33 bits per heavy atom. The van der Waals surface area contributed by atoms with E-state index < -0.39 is 0 Å². The Morgan fingerprint density at radius 1 is 0.833 bits per heavy atom. The van der Waals surface area contributed by atoms with E-state index in [0.29, 0.717) is 25.2 Å². The lowest BCUT2D eigenvalue weighted by atomic mass is 10.0. The molecule has 2 N–H and O–H groups in total. The summed E-state index contributed by atoms with van der Waals surface area (Å²) in [6.07, 6.45) is 2.81. The van der Waals surface area contributed by atoms with Crippen LogP contribution in [0.15, 0.2) is 79.0 Å². The summed E-state index contributed by atoms with van der Waals surface area (Å²) in [6.45, 7) is 2.76. The van der Waals surface area contributed by atoms with Crippen LogP contribution >= 0.6 is 0 Å². The lowest BCUT2D eigenvalue weighted by Crippen LogP contribution is -2.62. The molecule has 0 radical (unpaired) electrons. The maximum atomic E-state index is 13.3. The summed E-state index contributed by atoms with van der Waals surface area (Å²) in [5.41, 5.74) is 4.16. The normalized spacial score (nSPS) is 18.0. The van der Waals surface area contributed by atoms with Gasteiger partial charge in [0.05, 0.1) is 0 Å². The summed E-state index contributed by atoms with van der Waals surface area (Å²) >= 11 is 0. The Morgan fingerprint density at radius 2 is 1.56 bits per heavy atom. The molecule has 2 fully saturated rings. The molecule has 6 nitrogen and oxygen atoms in total. The van der Waals surface area contributed by atoms with Crippen LogP contribution in [0.25, 0.3) is 22.0 Å². The Bertz CT molecular complexity index is 1410. The molecule has 1 unspecified atom stereocenters. The van der Waals surface area contributed by atoms with Gasteiger partial charge < -0.3 is 20.1 Å². The Kier molecular flexibility index (Phi) is 5.77. The first-order valence-corrected chi connectivity index (χ1v) is 12.3. The van der Waals surface area contributed by atoms with E-state index in [2.05, 4.69) is 10.3 Å². The van der Waals surface area contributed by atoms with Crippen molar-refractivity contribution in [3.63, 3.8) is 0 Å². The van der Waals surface area contributed by atoms with Gasteiger partial charge in [0, 0.05) is 72.1 Å². The van der Waals surface area contributed by atoms with Crippen molar-refractivity contribution in [2.45, 2.75) is 18.5 Å². The summed E-state index contributed by atoms with van der Waals surface area (Å²) in [6, 6.07) is 22.0. The number of carbonyl (C=O) groups excluding carboxylic acids is 2. The van der Waals surface area contributed by atoms with Gasteiger partial charge in [0.1, 0.15) is 5.82 Å². The largest absolute Gasteiger partial charge is 0.361 e. The van der Waals surface area contributed by atoms with E-state index >= 15 is 0 Å². The van der Waals surface area contributed by atoms with Gasteiger partial charge in [0.2, 0.25) is 0 Å². The first-order valence-electron chi connectivity index (χ1n) is 12.3. The average Bonchev–Trinajstić information content (AvgIpc) is 3.53. The van der Waals surface area contributed by atoms with Crippen molar-refractivity contribution in [2.75, 3.05) is 26.2 Å². The number of amides is 2. The highest BCUT2D eigenvalue weighted by atomic mass is 19.1. The molecule has 7 heteroatoms. The molecule has 2 aliphatic rings. The second kappa shape index (κ2) is 9.24. The number of rotatable bonds is 5. The van der Waals surface area contributed by atoms with Crippen LogP contribution in [0, 0.1) is 5.82 Å². The zero-order chi connectivity index (χ0) is 24.6. The van der Waals surface area contributed by atoms with Crippen LogP contribution in [0.4, 0.5) is 4.39 Å². The SMILES string of the molecule is O=C(c1ccccc1)N1CCC(NC2CN(C(=O)c3ccc4c(-c5ccc(F)cc5)c[nH]c4c3)C2)C1.